The van der Waals surface area contributed by atoms with E-state index < -0.39 is 0 Å². The molecule has 2 nitrogen and oxygen atoms in total. The fourth-order valence-corrected chi connectivity index (χ4v) is 3.28. The van der Waals surface area contributed by atoms with Gasteiger partial charge < -0.3 is 5.32 Å². The highest BCUT2D eigenvalue weighted by molar-refractivity contribution is 7.99. The van der Waals surface area contributed by atoms with Gasteiger partial charge in [0, 0.05) is 11.4 Å². The third-order valence-corrected chi connectivity index (χ3v) is 5.10. The number of carbonyl (C=O) groups is 1. The Morgan fingerprint density at radius 1 is 1.04 bits per heavy atom. The molecular weight excluding hydrogens is 302 g/mol. The van der Waals surface area contributed by atoms with Crippen LogP contribution in [0.1, 0.15) is 43.4 Å². The summed E-state index contributed by atoms with van der Waals surface area (Å²) < 4.78 is 0. The zero-order chi connectivity index (χ0) is 16.8. The number of amides is 1. The number of aryl methyl sites for hydroxylation is 1. The number of hydrogen-bond donors (Lipinski definition) is 1. The van der Waals surface area contributed by atoms with Crippen molar-refractivity contribution in [2.24, 2.45) is 0 Å². The zero-order valence-corrected chi connectivity index (χ0v) is 15.1. The average molecular weight is 327 g/mol. The second kappa shape index (κ2) is 8.21. The van der Waals surface area contributed by atoms with Gasteiger partial charge in [0.1, 0.15) is 0 Å². The third-order valence-electron chi connectivity index (χ3n) is 3.89. The molecule has 0 aliphatic rings. The lowest BCUT2D eigenvalue weighted by atomic mass is 9.98. The van der Waals surface area contributed by atoms with E-state index in [4.69, 9.17) is 0 Å². The summed E-state index contributed by atoms with van der Waals surface area (Å²) in [7, 11) is 0. The van der Waals surface area contributed by atoms with Gasteiger partial charge in [0.05, 0.1) is 5.25 Å². The second-order valence-electron chi connectivity index (χ2n) is 6.12. The first-order chi connectivity index (χ1) is 11.0. The molecule has 2 aromatic rings. The van der Waals surface area contributed by atoms with Crippen LogP contribution in [0.15, 0.2) is 48.5 Å². The fraction of sp³-hybridized carbons (Fsp3) is 0.350. The molecule has 0 fully saturated rings. The van der Waals surface area contributed by atoms with E-state index in [-0.39, 0.29) is 11.2 Å². The van der Waals surface area contributed by atoms with E-state index in [0.717, 1.165) is 17.0 Å². The number of benzene rings is 2. The Bertz CT molecular complexity index is 652. The minimum atomic E-state index is -0.0881. The van der Waals surface area contributed by atoms with E-state index in [9.17, 15) is 4.79 Å². The molecule has 0 saturated carbocycles. The van der Waals surface area contributed by atoms with Crippen LogP contribution < -0.4 is 5.32 Å². The maximum Gasteiger partial charge on any atom is 0.237 e. The van der Waals surface area contributed by atoms with Crippen molar-refractivity contribution in [2.75, 3.05) is 5.32 Å². The Balaban J connectivity index is 2.01. The molecular formula is C20H25NOS. The molecule has 0 unspecified atom stereocenters. The smallest absolute Gasteiger partial charge is 0.237 e. The Kier molecular flexibility index (Phi) is 6.28. The molecule has 1 N–H and O–H groups in total. The lowest BCUT2D eigenvalue weighted by Gasteiger charge is -2.18. The predicted octanol–water partition coefficient (Wildman–Crippen LogP) is 5.38. The Morgan fingerprint density at radius 3 is 2.39 bits per heavy atom. The van der Waals surface area contributed by atoms with Crippen molar-refractivity contribution in [3.63, 3.8) is 0 Å². The van der Waals surface area contributed by atoms with Gasteiger partial charge in [0.15, 0.2) is 0 Å². The van der Waals surface area contributed by atoms with E-state index in [2.05, 4.69) is 37.4 Å². The van der Waals surface area contributed by atoms with Crippen LogP contribution in [-0.2, 0) is 10.5 Å². The summed E-state index contributed by atoms with van der Waals surface area (Å²) in [6.45, 7) is 8.32. The number of rotatable bonds is 6. The van der Waals surface area contributed by atoms with Gasteiger partial charge in [-0.25, -0.2) is 0 Å². The highest BCUT2D eigenvalue weighted by atomic mass is 32.2. The van der Waals surface area contributed by atoms with Crippen molar-refractivity contribution in [3.05, 3.63) is 65.2 Å². The summed E-state index contributed by atoms with van der Waals surface area (Å²) >= 11 is 1.66. The van der Waals surface area contributed by atoms with Crippen LogP contribution in [0.25, 0.3) is 0 Å². The van der Waals surface area contributed by atoms with E-state index >= 15 is 0 Å². The normalized spacial score (nSPS) is 12.2. The number of thioether (sulfide) groups is 1. The molecule has 23 heavy (non-hydrogen) atoms. The molecule has 1 amide bonds. The molecule has 0 aromatic heterocycles. The average Bonchev–Trinajstić information content (AvgIpc) is 2.55. The molecule has 3 heteroatoms. The van der Waals surface area contributed by atoms with Gasteiger partial charge in [-0.1, -0.05) is 62.4 Å². The standard InChI is InChI=1S/C20H25NOS/c1-14(2)18-12-8-9-15(3)19(18)21-20(22)16(4)23-13-17-10-6-5-7-11-17/h5-12,14,16H,13H2,1-4H3,(H,21,22)/t16-/m1/s1. The molecule has 0 aliphatic heterocycles. The molecule has 2 aromatic carbocycles. The zero-order valence-electron chi connectivity index (χ0n) is 14.3. The van der Waals surface area contributed by atoms with Gasteiger partial charge >= 0.3 is 0 Å². The van der Waals surface area contributed by atoms with Gasteiger partial charge in [-0.05, 0) is 36.5 Å². The van der Waals surface area contributed by atoms with Crippen molar-refractivity contribution >= 4 is 23.4 Å². The van der Waals surface area contributed by atoms with Gasteiger partial charge in [0.25, 0.3) is 0 Å². The summed E-state index contributed by atoms with van der Waals surface area (Å²) in [5, 5.41) is 3.05. The van der Waals surface area contributed by atoms with E-state index in [1.807, 2.05) is 44.2 Å². The Labute approximate surface area is 143 Å². The topological polar surface area (TPSA) is 29.1 Å². The summed E-state index contributed by atoms with van der Waals surface area (Å²) in [4.78, 5) is 12.5. The van der Waals surface area contributed by atoms with Crippen LogP contribution in [0.5, 0.6) is 0 Å². The first-order valence-corrected chi connectivity index (χ1v) is 9.09. The van der Waals surface area contributed by atoms with Gasteiger partial charge in [-0.3, -0.25) is 4.79 Å². The summed E-state index contributed by atoms with van der Waals surface area (Å²) in [5.74, 6) is 1.31. The van der Waals surface area contributed by atoms with Crippen LogP contribution in [0.4, 0.5) is 5.69 Å². The van der Waals surface area contributed by atoms with Crippen LogP contribution in [0.3, 0.4) is 0 Å². The molecule has 0 saturated heterocycles. The van der Waals surface area contributed by atoms with Gasteiger partial charge in [-0.2, -0.15) is 0 Å². The second-order valence-corrected chi connectivity index (χ2v) is 7.45. The summed E-state index contributed by atoms with van der Waals surface area (Å²) in [5.41, 5.74) is 4.53. The molecule has 2 rings (SSSR count). The van der Waals surface area contributed by atoms with Crippen molar-refractivity contribution < 1.29 is 4.79 Å². The summed E-state index contributed by atoms with van der Waals surface area (Å²) in [6, 6.07) is 16.4. The minimum absolute atomic E-state index is 0.0714. The Hall–Kier alpha value is -1.74. The fourth-order valence-electron chi connectivity index (χ4n) is 2.44. The van der Waals surface area contributed by atoms with Crippen LogP contribution in [0, 0.1) is 6.92 Å². The molecule has 0 aliphatic carbocycles. The van der Waals surface area contributed by atoms with Crippen LogP contribution >= 0.6 is 11.8 Å². The number of anilines is 1. The monoisotopic (exact) mass is 327 g/mol. The van der Waals surface area contributed by atoms with Gasteiger partial charge in [-0.15, -0.1) is 11.8 Å². The van der Waals surface area contributed by atoms with Crippen molar-refractivity contribution in [2.45, 2.75) is 44.6 Å². The largest absolute Gasteiger partial charge is 0.325 e. The highest BCUT2D eigenvalue weighted by Crippen LogP contribution is 2.28. The van der Waals surface area contributed by atoms with Crippen molar-refractivity contribution in [1.29, 1.82) is 0 Å². The molecule has 0 radical (unpaired) electrons. The predicted molar refractivity (Wildman–Crippen MR) is 101 cm³/mol. The van der Waals surface area contributed by atoms with Crippen molar-refractivity contribution in [1.82, 2.24) is 0 Å². The summed E-state index contributed by atoms with van der Waals surface area (Å²) in [6.07, 6.45) is 0. The van der Waals surface area contributed by atoms with E-state index in [0.29, 0.717) is 5.92 Å². The lowest BCUT2D eigenvalue weighted by molar-refractivity contribution is -0.115. The first-order valence-electron chi connectivity index (χ1n) is 8.05. The SMILES string of the molecule is Cc1cccc(C(C)C)c1NC(=O)[C@@H](C)SCc1ccccc1. The molecule has 0 spiro atoms. The lowest BCUT2D eigenvalue weighted by Crippen LogP contribution is -2.24. The third kappa shape index (κ3) is 4.87. The number of nitrogens with one attached hydrogen (secondary N) is 1. The van der Waals surface area contributed by atoms with E-state index in [1.54, 1.807) is 11.8 Å². The van der Waals surface area contributed by atoms with Gasteiger partial charge in [0.2, 0.25) is 5.91 Å². The number of para-hydroxylation sites is 1. The molecule has 0 bridgehead atoms. The first kappa shape index (κ1) is 17.6. The quantitative estimate of drug-likeness (QED) is 0.772. The highest BCUT2D eigenvalue weighted by Gasteiger charge is 2.17. The number of carbonyl (C=O) groups excluding carboxylic acids is 1. The maximum absolute atomic E-state index is 12.5. The minimum Gasteiger partial charge on any atom is -0.325 e. The molecule has 122 valence electrons. The van der Waals surface area contributed by atoms with Crippen molar-refractivity contribution in [3.8, 4) is 0 Å². The Morgan fingerprint density at radius 2 is 1.74 bits per heavy atom. The molecule has 1 atom stereocenters. The number of hydrogen-bond acceptors (Lipinski definition) is 2. The van der Waals surface area contributed by atoms with Crippen LogP contribution in [0.2, 0.25) is 0 Å². The maximum atomic E-state index is 12.5. The van der Waals surface area contributed by atoms with Crippen LogP contribution in [-0.4, -0.2) is 11.2 Å². The molecule has 0 heterocycles. The van der Waals surface area contributed by atoms with E-state index in [1.165, 1.54) is 11.1 Å².